The highest BCUT2D eigenvalue weighted by atomic mass is 16.5. The molecule has 0 aliphatic carbocycles. The van der Waals surface area contributed by atoms with E-state index in [2.05, 4.69) is 49.4 Å². The highest BCUT2D eigenvalue weighted by molar-refractivity contribution is 5.63. The summed E-state index contributed by atoms with van der Waals surface area (Å²) in [6.07, 6.45) is 9.45. The van der Waals surface area contributed by atoms with Gasteiger partial charge in [0.05, 0.1) is 31.7 Å². The Balaban J connectivity index is 0.000000381. The monoisotopic (exact) mass is 520 g/mol. The Bertz CT molecular complexity index is 1220. The molecule has 0 radical (unpaired) electrons. The van der Waals surface area contributed by atoms with E-state index in [1.165, 1.54) is 0 Å². The molecule has 0 atom stereocenters. The third-order valence-corrected chi connectivity index (χ3v) is 5.50. The zero-order chi connectivity index (χ0) is 27.2. The summed E-state index contributed by atoms with van der Waals surface area (Å²) in [6.45, 7) is 12.8. The second-order valence-corrected chi connectivity index (χ2v) is 8.58. The lowest BCUT2D eigenvalue weighted by atomic mass is 10.3. The van der Waals surface area contributed by atoms with Gasteiger partial charge in [0.1, 0.15) is 11.5 Å². The maximum atomic E-state index is 5.59. The smallest absolute Gasteiger partial charge is 0.229 e. The van der Waals surface area contributed by atoms with Gasteiger partial charge in [-0.3, -0.25) is 0 Å². The van der Waals surface area contributed by atoms with Crippen LogP contribution >= 0.6 is 0 Å². The summed E-state index contributed by atoms with van der Waals surface area (Å²) in [5.74, 6) is 1.81. The standard InChI is InChI=1S/C21H23N7O.C5H11NO.C2H6/c1-3-4-11-29-20-6-5-17(14-23-20)26-21-24-15(2)12-18(27-21)25-16-7-9-28-10-8-22-19(28)13-16;1-6-2-4-7-5-3-6;1-2/h5-10,12-14H,3-4,11H2,1-2H3,(H2,24,25,26,27);2-5H2,1H3;1-2H3. The third kappa shape index (κ3) is 9.28. The van der Waals surface area contributed by atoms with Crippen molar-refractivity contribution in [3.8, 4) is 5.88 Å². The van der Waals surface area contributed by atoms with Crippen LogP contribution in [0, 0.1) is 6.92 Å². The number of unbranched alkanes of at least 4 members (excludes halogenated alkanes) is 1. The Morgan fingerprint density at radius 3 is 2.47 bits per heavy atom. The first-order chi connectivity index (χ1) is 18.6. The van der Waals surface area contributed by atoms with Gasteiger partial charge < -0.3 is 29.4 Å². The number of aryl methyl sites for hydroxylation is 1. The van der Waals surface area contributed by atoms with Crippen LogP contribution < -0.4 is 15.4 Å². The maximum Gasteiger partial charge on any atom is 0.229 e. The fourth-order valence-corrected chi connectivity index (χ4v) is 3.47. The van der Waals surface area contributed by atoms with Gasteiger partial charge >= 0.3 is 0 Å². The van der Waals surface area contributed by atoms with E-state index < -0.39 is 0 Å². The van der Waals surface area contributed by atoms with Gasteiger partial charge in [-0.25, -0.2) is 15.0 Å². The molecule has 1 saturated heterocycles. The first-order valence-corrected chi connectivity index (χ1v) is 13.3. The lowest BCUT2D eigenvalue weighted by molar-refractivity contribution is 0.0503. The SMILES string of the molecule is CC.CCCCOc1ccc(Nc2nc(C)cc(Nc3ccn4ccnc4c3)n2)cn1.CN1CCOCC1. The summed E-state index contributed by atoms with van der Waals surface area (Å²) in [4.78, 5) is 19.9. The van der Waals surface area contributed by atoms with Crippen molar-refractivity contribution in [2.75, 3.05) is 50.6 Å². The molecule has 0 spiro atoms. The van der Waals surface area contributed by atoms with Crippen molar-refractivity contribution in [1.82, 2.24) is 29.2 Å². The van der Waals surface area contributed by atoms with Crippen molar-refractivity contribution < 1.29 is 9.47 Å². The number of nitrogens with zero attached hydrogens (tertiary/aromatic N) is 6. The van der Waals surface area contributed by atoms with Crippen LogP contribution in [0.15, 0.2) is 55.1 Å². The minimum Gasteiger partial charge on any atom is -0.478 e. The van der Waals surface area contributed by atoms with Gasteiger partial charge in [-0.05, 0) is 32.5 Å². The second kappa shape index (κ2) is 15.5. The number of aromatic nitrogens is 5. The fourth-order valence-electron chi connectivity index (χ4n) is 3.47. The molecule has 2 N–H and O–H groups in total. The first kappa shape index (κ1) is 28.8. The molecule has 0 aromatic carbocycles. The lowest BCUT2D eigenvalue weighted by Crippen LogP contribution is -2.32. The molecule has 5 heterocycles. The largest absolute Gasteiger partial charge is 0.478 e. The summed E-state index contributed by atoms with van der Waals surface area (Å²) in [6, 6.07) is 9.57. The van der Waals surface area contributed by atoms with Gasteiger partial charge in [-0.15, -0.1) is 0 Å². The van der Waals surface area contributed by atoms with Crippen LogP contribution in [0.2, 0.25) is 0 Å². The minimum atomic E-state index is 0.496. The Morgan fingerprint density at radius 1 is 0.974 bits per heavy atom. The summed E-state index contributed by atoms with van der Waals surface area (Å²) < 4.78 is 12.6. The van der Waals surface area contributed by atoms with E-state index in [1.807, 2.05) is 67.9 Å². The first-order valence-electron chi connectivity index (χ1n) is 13.3. The molecule has 1 fully saturated rings. The molecule has 10 nitrogen and oxygen atoms in total. The number of imidazole rings is 1. The molecule has 0 unspecified atom stereocenters. The average molecular weight is 521 g/mol. The van der Waals surface area contributed by atoms with Crippen molar-refractivity contribution in [2.24, 2.45) is 0 Å². The van der Waals surface area contributed by atoms with Crippen molar-refractivity contribution >= 4 is 28.8 Å². The summed E-state index contributed by atoms with van der Waals surface area (Å²) in [5.41, 5.74) is 3.41. The van der Waals surface area contributed by atoms with Crippen molar-refractivity contribution in [2.45, 2.75) is 40.5 Å². The molecule has 1 aliphatic rings. The van der Waals surface area contributed by atoms with Crippen LogP contribution in [-0.4, -0.2) is 69.2 Å². The van der Waals surface area contributed by atoms with E-state index in [9.17, 15) is 0 Å². The topological polar surface area (TPSA) is 102 Å². The van der Waals surface area contributed by atoms with E-state index in [4.69, 9.17) is 9.47 Å². The molecule has 0 amide bonds. The quantitative estimate of drug-likeness (QED) is 0.293. The van der Waals surface area contributed by atoms with Crippen molar-refractivity contribution in [3.05, 3.63) is 60.8 Å². The molecule has 0 bridgehead atoms. The summed E-state index contributed by atoms with van der Waals surface area (Å²) in [7, 11) is 2.11. The van der Waals surface area contributed by atoms with Crippen LogP contribution in [0.5, 0.6) is 5.88 Å². The number of morpholine rings is 1. The van der Waals surface area contributed by atoms with Gasteiger partial charge in [0, 0.05) is 61.3 Å². The van der Waals surface area contributed by atoms with Crippen LogP contribution in [0.3, 0.4) is 0 Å². The van der Waals surface area contributed by atoms with Crippen LogP contribution in [0.4, 0.5) is 23.1 Å². The average Bonchev–Trinajstić information content (AvgIpc) is 3.40. The number of ether oxygens (including phenoxy) is 2. The molecule has 4 aromatic heterocycles. The molecule has 4 aromatic rings. The molecule has 204 valence electrons. The fraction of sp³-hybridized carbons (Fsp3) is 0.429. The van der Waals surface area contributed by atoms with E-state index >= 15 is 0 Å². The molecule has 10 heteroatoms. The third-order valence-electron chi connectivity index (χ3n) is 5.50. The lowest BCUT2D eigenvalue weighted by Gasteiger charge is -2.21. The number of rotatable bonds is 8. The van der Waals surface area contributed by atoms with Crippen LogP contribution in [-0.2, 0) is 4.74 Å². The zero-order valence-corrected chi connectivity index (χ0v) is 23.1. The zero-order valence-electron chi connectivity index (χ0n) is 23.1. The Hall–Kier alpha value is -3.76. The van der Waals surface area contributed by atoms with E-state index in [0.29, 0.717) is 24.3 Å². The molecule has 1 aliphatic heterocycles. The highest BCUT2D eigenvalue weighted by Crippen LogP contribution is 2.20. The number of nitrogens with one attached hydrogen (secondary N) is 2. The van der Waals surface area contributed by atoms with Gasteiger partial charge in [-0.1, -0.05) is 27.2 Å². The van der Waals surface area contributed by atoms with Crippen LogP contribution in [0.1, 0.15) is 39.3 Å². The Kier molecular flexibility index (Phi) is 11.7. The van der Waals surface area contributed by atoms with Gasteiger partial charge in [0.25, 0.3) is 0 Å². The van der Waals surface area contributed by atoms with Gasteiger partial charge in [0.2, 0.25) is 11.8 Å². The van der Waals surface area contributed by atoms with Gasteiger partial charge in [-0.2, -0.15) is 4.98 Å². The normalized spacial score (nSPS) is 13.1. The van der Waals surface area contributed by atoms with Crippen molar-refractivity contribution in [3.63, 3.8) is 0 Å². The number of likely N-dealkylation sites (N-methyl/N-ethyl adjacent to an activating group) is 1. The van der Waals surface area contributed by atoms with E-state index in [-0.39, 0.29) is 0 Å². The Labute approximate surface area is 225 Å². The van der Waals surface area contributed by atoms with Crippen molar-refractivity contribution in [1.29, 1.82) is 0 Å². The molecular formula is C28H40N8O2. The summed E-state index contributed by atoms with van der Waals surface area (Å²) >= 11 is 0. The number of hydrogen-bond acceptors (Lipinski definition) is 9. The summed E-state index contributed by atoms with van der Waals surface area (Å²) in [5, 5.41) is 6.50. The predicted octanol–water partition coefficient (Wildman–Crippen LogP) is 5.47. The van der Waals surface area contributed by atoms with E-state index in [1.54, 1.807) is 12.4 Å². The number of hydrogen-bond donors (Lipinski definition) is 2. The van der Waals surface area contributed by atoms with E-state index in [0.717, 1.165) is 61.9 Å². The maximum absolute atomic E-state index is 5.59. The predicted molar refractivity (Wildman–Crippen MR) is 153 cm³/mol. The molecular weight excluding hydrogens is 480 g/mol. The number of pyridine rings is 2. The minimum absolute atomic E-state index is 0.496. The number of fused-ring (bicyclic) bond motifs is 1. The van der Waals surface area contributed by atoms with Gasteiger partial charge in [0.15, 0.2) is 0 Å². The number of anilines is 4. The second-order valence-electron chi connectivity index (χ2n) is 8.58. The molecule has 0 saturated carbocycles. The highest BCUT2D eigenvalue weighted by Gasteiger charge is 2.06. The van der Waals surface area contributed by atoms with Crippen LogP contribution in [0.25, 0.3) is 5.65 Å². The Morgan fingerprint density at radius 2 is 1.79 bits per heavy atom. The molecule has 38 heavy (non-hydrogen) atoms. The molecule has 5 rings (SSSR count).